The van der Waals surface area contributed by atoms with Crippen LogP contribution in [0.15, 0.2) is 16.6 Å². The molecule has 17 heavy (non-hydrogen) atoms. The van der Waals surface area contributed by atoms with Crippen molar-refractivity contribution >= 4 is 27.6 Å². The minimum absolute atomic E-state index is 0.111. The van der Waals surface area contributed by atoms with E-state index < -0.39 is 0 Å². The van der Waals surface area contributed by atoms with Crippen LogP contribution in [-0.4, -0.2) is 25.7 Å². The number of ether oxygens (including phenoxy) is 1. The second-order valence-corrected chi connectivity index (χ2v) is 5.21. The van der Waals surface area contributed by atoms with Crippen LogP contribution >= 0.6 is 15.9 Å². The number of hydrogen-bond acceptors (Lipinski definition) is 3. The number of nitrogens with zero attached hydrogens (tertiary/aromatic N) is 1. The van der Waals surface area contributed by atoms with Crippen LogP contribution in [0.5, 0.6) is 0 Å². The molecule has 2 rings (SSSR count). The van der Waals surface area contributed by atoms with Gasteiger partial charge in [0.2, 0.25) is 0 Å². The summed E-state index contributed by atoms with van der Waals surface area (Å²) in [5, 5.41) is 0. The lowest BCUT2D eigenvalue weighted by molar-refractivity contribution is -0.143. The van der Waals surface area contributed by atoms with Gasteiger partial charge >= 0.3 is 5.97 Å². The molecule has 0 aromatic heterocycles. The van der Waals surface area contributed by atoms with Crippen molar-refractivity contribution < 1.29 is 9.53 Å². The van der Waals surface area contributed by atoms with Crippen molar-refractivity contribution in [3.05, 3.63) is 27.7 Å². The van der Waals surface area contributed by atoms with Gasteiger partial charge in [0, 0.05) is 16.7 Å². The summed E-state index contributed by atoms with van der Waals surface area (Å²) in [6.45, 7) is 5.04. The van der Waals surface area contributed by atoms with Crippen molar-refractivity contribution in [3.8, 4) is 0 Å². The van der Waals surface area contributed by atoms with Gasteiger partial charge in [-0.3, -0.25) is 0 Å². The summed E-state index contributed by atoms with van der Waals surface area (Å²) < 4.78 is 5.94. The number of hydrogen-bond donors (Lipinski definition) is 0. The SMILES string of the molecule is COC(=O)C1CCN1c1cc(C)c(Br)c(C)c1. The molecule has 0 bridgehead atoms. The first-order chi connectivity index (χ1) is 8.04. The highest BCUT2D eigenvalue weighted by Crippen LogP contribution is 2.32. The van der Waals surface area contributed by atoms with Gasteiger partial charge in [0.15, 0.2) is 0 Å². The Morgan fingerprint density at radius 2 is 2.00 bits per heavy atom. The lowest BCUT2D eigenvalue weighted by Crippen LogP contribution is -2.53. The zero-order chi connectivity index (χ0) is 12.6. The van der Waals surface area contributed by atoms with Gasteiger partial charge in [0.1, 0.15) is 6.04 Å². The Morgan fingerprint density at radius 3 is 2.41 bits per heavy atom. The third-order valence-electron chi connectivity index (χ3n) is 3.25. The summed E-state index contributed by atoms with van der Waals surface area (Å²) in [5.74, 6) is -0.144. The van der Waals surface area contributed by atoms with Gasteiger partial charge in [0.25, 0.3) is 0 Å². The molecule has 1 aromatic carbocycles. The molecule has 0 amide bonds. The highest BCUT2D eigenvalue weighted by molar-refractivity contribution is 9.10. The number of methoxy groups -OCH3 is 1. The van der Waals surface area contributed by atoms with E-state index in [0.29, 0.717) is 0 Å². The van der Waals surface area contributed by atoms with Crippen LogP contribution in [0.25, 0.3) is 0 Å². The number of carbonyl (C=O) groups is 1. The van der Waals surface area contributed by atoms with E-state index in [2.05, 4.69) is 46.8 Å². The summed E-state index contributed by atoms with van der Waals surface area (Å²) in [5.41, 5.74) is 3.48. The minimum Gasteiger partial charge on any atom is -0.467 e. The topological polar surface area (TPSA) is 29.5 Å². The normalized spacial score (nSPS) is 18.8. The highest BCUT2D eigenvalue weighted by atomic mass is 79.9. The molecular weight excluding hydrogens is 282 g/mol. The molecule has 1 fully saturated rings. The Labute approximate surface area is 110 Å². The number of benzene rings is 1. The van der Waals surface area contributed by atoms with Crippen LogP contribution in [0.3, 0.4) is 0 Å². The number of carbonyl (C=O) groups excluding carboxylic acids is 1. The van der Waals surface area contributed by atoms with Crippen molar-refractivity contribution in [2.75, 3.05) is 18.6 Å². The second kappa shape index (κ2) is 4.69. The fraction of sp³-hybridized carbons (Fsp3) is 0.462. The van der Waals surface area contributed by atoms with E-state index in [-0.39, 0.29) is 12.0 Å². The van der Waals surface area contributed by atoms with Crippen LogP contribution in [0.1, 0.15) is 17.5 Å². The molecule has 0 N–H and O–H groups in total. The van der Waals surface area contributed by atoms with Crippen molar-refractivity contribution in [3.63, 3.8) is 0 Å². The van der Waals surface area contributed by atoms with Gasteiger partial charge in [-0.05, 0) is 43.5 Å². The quantitative estimate of drug-likeness (QED) is 0.786. The minimum atomic E-state index is -0.144. The molecule has 4 heteroatoms. The standard InChI is InChI=1S/C13H16BrNO2/c1-8-6-10(7-9(2)12(8)14)15-5-4-11(15)13(16)17-3/h6-7,11H,4-5H2,1-3H3. The zero-order valence-electron chi connectivity index (χ0n) is 10.3. The van der Waals surface area contributed by atoms with E-state index in [9.17, 15) is 4.79 Å². The molecule has 3 nitrogen and oxygen atoms in total. The van der Waals surface area contributed by atoms with E-state index in [1.54, 1.807) is 0 Å². The number of rotatable bonds is 2. The molecule has 1 atom stereocenters. The van der Waals surface area contributed by atoms with E-state index in [1.807, 2.05) is 0 Å². The third-order valence-corrected chi connectivity index (χ3v) is 4.50. The van der Waals surface area contributed by atoms with E-state index in [1.165, 1.54) is 18.2 Å². The summed E-state index contributed by atoms with van der Waals surface area (Å²) in [6.07, 6.45) is 0.876. The van der Waals surface area contributed by atoms with E-state index in [0.717, 1.165) is 23.1 Å². The molecule has 1 aliphatic rings. The fourth-order valence-electron chi connectivity index (χ4n) is 2.17. The molecule has 0 saturated carbocycles. The molecule has 1 saturated heterocycles. The number of esters is 1. The monoisotopic (exact) mass is 297 g/mol. The van der Waals surface area contributed by atoms with Gasteiger partial charge in [-0.25, -0.2) is 4.79 Å². The molecule has 1 unspecified atom stereocenters. The largest absolute Gasteiger partial charge is 0.467 e. The van der Waals surface area contributed by atoms with E-state index >= 15 is 0 Å². The maximum atomic E-state index is 11.5. The van der Waals surface area contributed by atoms with Crippen LogP contribution in [-0.2, 0) is 9.53 Å². The number of aryl methyl sites for hydroxylation is 2. The zero-order valence-corrected chi connectivity index (χ0v) is 11.9. The molecule has 0 aliphatic carbocycles. The molecule has 0 radical (unpaired) electrons. The summed E-state index contributed by atoms with van der Waals surface area (Å²) in [4.78, 5) is 13.6. The van der Waals surface area contributed by atoms with Crippen LogP contribution in [0.2, 0.25) is 0 Å². The summed E-state index contributed by atoms with van der Waals surface area (Å²) in [6, 6.07) is 4.10. The van der Waals surface area contributed by atoms with Crippen LogP contribution in [0, 0.1) is 13.8 Å². The highest BCUT2D eigenvalue weighted by Gasteiger charge is 2.35. The maximum Gasteiger partial charge on any atom is 0.328 e. The Bertz CT molecular complexity index is 436. The first-order valence-electron chi connectivity index (χ1n) is 5.66. The third kappa shape index (κ3) is 2.18. The first kappa shape index (κ1) is 12.4. The van der Waals surface area contributed by atoms with Gasteiger partial charge in [0.05, 0.1) is 7.11 Å². The van der Waals surface area contributed by atoms with Gasteiger partial charge < -0.3 is 9.64 Å². The Hall–Kier alpha value is -1.03. The number of halogens is 1. The second-order valence-electron chi connectivity index (χ2n) is 4.41. The molecular formula is C13H16BrNO2. The van der Waals surface area contributed by atoms with Gasteiger partial charge in [-0.2, -0.15) is 0 Å². The molecule has 0 spiro atoms. The van der Waals surface area contributed by atoms with Crippen molar-refractivity contribution in [2.24, 2.45) is 0 Å². The smallest absolute Gasteiger partial charge is 0.328 e. The maximum absolute atomic E-state index is 11.5. The van der Waals surface area contributed by atoms with Crippen molar-refractivity contribution in [1.82, 2.24) is 0 Å². The first-order valence-corrected chi connectivity index (χ1v) is 6.45. The van der Waals surface area contributed by atoms with Crippen LogP contribution in [0.4, 0.5) is 5.69 Å². The average molecular weight is 298 g/mol. The predicted molar refractivity (Wildman–Crippen MR) is 71.4 cm³/mol. The lowest BCUT2D eigenvalue weighted by atomic mass is 10.0. The van der Waals surface area contributed by atoms with E-state index in [4.69, 9.17) is 4.74 Å². The summed E-state index contributed by atoms with van der Waals surface area (Å²) >= 11 is 3.55. The molecule has 92 valence electrons. The Morgan fingerprint density at radius 1 is 1.41 bits per heavy atom. The Balaban J connectivity index is 2.27. The molecule has 1 aliphatic heterocycles. The Kier molecular flexibility index (Phi) is 3.43. The predicted octanol–water partition coefficient (Wildman–Crippen LogP) is 2.82. The fourth-order valence-corrected chi connectivity index (χ4v) is 2.40. The van der Waals surface area contributed by atoms with Crippen LogP contribution < -0.4 is 4.90 Å². The van der Waals surface area contributed by atoms with Crippen molar-refractivity contribution in [2.45, 2.75) is 26.3 Å². The average Bonchev–Trinajstić information content (AvgIpc) is 2.24. The van der Waals surface area contributed by atoms with Crippen molar-refractivity contribution in [1.29, 1.82) is 0 Å². The number of anilines is 1. The molecule has 1 aromatic rings. The van der Waals surface area contributed by atoms with Gasteiger partial charge in [-0.1, -0.05) is 15.9 Å². The van der Waals surface area contributed by atoms with Gasteiger partial charge in [-0.15, -0.1) is 0 Å². The molecule has 1 heterocycles. The lowest BCUT2D eigenvalue weighted by Gasteiger charge is -2.41. The summed E-state index contributed by atoms with van der Waals surface area (Å²) in [7, 11) is 1.44.